The minimum atomic E-state index is -0.0336. The van der Waals surface area contributed by atoms with Gasteiger partial charge in [0.15, 0.2) is 0 Å². The number of carbonyl (C=O) groups excluding carboxylic acids is 1. The van der Waals surface area contributed by atoms with Gasteiger partial charge in [0, 0.05) is 50.9 Å². The van der Waals surface area contributed by atoms with Gasteiger partial charge in [-0.3, -0.25) is 4.79 Å². The predicted molar refractivity (Wildman–Crippen MR) is 120 cm³/mol. The molecule has 0 saturated carbocycles. The van der Waals surface area contributed by atoms with E-state index in [1.165, 1.54) is 5.56 Å². The van der Waals surface area contributed by atoms with E-state index in [4.69, 9.17) is 0 Å². The molecule has 1 aliphatic rings. The molecule has 29 heavy (non-hydrogen) atoms. The van der Waals surface area contributed by atoms with E-state index in [1.807, 2.05) is 46.3 Å². The van der Waals surface area contributed by atoms with Crippen molar-refractivity contribution in [3.63, 3.8) is 0 Å². The molecule has 0 spiro atoms. The molecular weight excluding hydrogens is 429 g/mol. The fourth-order valence-corrected chi connectivity index (χ4v) is 4.30. The Kier molecular flexibility index (Phi) is 8.64. The molecule has 2 aromatic heterocycles. The Hall–Kier alpha value is -1.93. The van der Waals surface area contributed by atoms with Crippen LogP contribution in [0.2, 0.25) is 0 Å². The topological polar surface area (TPSA) is 63.1 Å². The second-order valence-electron chi connectivity index (χ2n) is 6.78. The van der Waals surface area contributed by atoms with Gasteiger partial charge < -0.3 is 14.8 Å². The second kappa shape index (κ2) is 10.7. The summed E-state index contributed by atoms with van der Waals surface area (Å²) in [5.74, 6) is 1.03. The molecule has 1 unspecified atom stereocenters. The maximum absolute atomic E-state index is 13.0. The van der Waals surface area contributed by atoms with Crippen LogP contribution in [0.5, 0.6) is 0 Å². The molecule has 1 amide bonds. The highest BCUT2D eigenvalue weighted by molar-refractivity contribution is 7.09. The largest absolute Gasteiger partial charge is 0.336 e. The molecule has 0 aliphatic carbocycles. The molecule has 6 nitrogen and oxygen atoms in total. The number of amides is 1. The van der Waals surface area contributed by atoms with Crippen LogP contribution in [0.4, 0.5) is 0 Å². The van der Waals surface area contributed by atoms with Gasteiger partial charge in [-0.15, -0.1) is 36.2 Å². The Morgan fingerprint density at radius 2 is 2.07 bits per heavy atom. The number of nitrogens with one attached hydrogen (secondary N) is 1. The lowest BCUT2D eigenvalue weighted by Crippen LogP contribution is -2.49. The minimum absolute atomic E-state index is 0. The van der Waals surface area contributed by atoms with E-state index in [2.05, 4.69) is 27.4 Å². The van der Waals surface area contributed by atoms with Gasteiger partial charge in [0.25, 0.3) is 0 Å². The normalized spacial score (nSPS) is 16.0. The summed E-state index contributed by atoms with van der Waals surface area (Å²) in [5, 5.41) is 6.42. The summed E-state index contributed by atoms with van der Waals surface area (Å²) in [6.45, 7) is 2.23. The van der Waals surface area contributed by atoms with Gasteiger partial charge in [-0.05, 0) is 5.56 Å². The van der Waals surface area contributed by atoms with Crippen LogP contribution in [0.15, 0.2) is 48.1 Å². The fraction of sp³-hybridized carbons (Fsp3) is 0.350. The number of carbonyl (C=O) groups is 1. The molecule has 1 saturated heterocycles. The van der Waals surface area contributed by atoms with Crippen LogP contribution in [-0.2, 0) is 24.7 Å². The number of piperazine rings is 1. The first kappa shape index (κ1) is 23.3. The smallest absolute Gasteiger partial charge is 0.229 e. The van der Waals surface area contributed by atoms with Gasteiger partial charge in [-0.25, -0.2) is 9.97 Å². The van der Waals surface area contributed by atoms with Gasteiger partial charge in [-0.2, -0.15) is 0 Å². The fourth-order valence-electron chi connectivity index (χ4n) is 3.47. The number of nitrogens with zero attached hydrogens (tertiary/aromatic N) is 4. The van der Waals surface area contributed by atoms with Crippen molar-refractivity contribution in [2.75, 3.05) is 19.6 Å². The van der Waals surface area contributed by atoms with Crippen LogP contribution in [0.25, 0.3) is 0 Å². The van der Waals surface area contributed by atoms with E-state index >= 15 is 0 Å². The summed E-state index contributed by atoms with van der Waals surface area (Å²) in [7, 11) is 1.97. The van der Waals surface area contributed by atoms with Crippen molar-refractivity contribution in [2.45, 2.75) is 18.9 Å². The maximum Gasteiger partial charge on any atom is 0.229 e. The van der Waals surface area contributed by atoms with Crippen LogP contribution in [0.3, 0.4) is 0 Å². The van der Waals surface area contributed by atoms with Crippen molar-refractivity contribution in [1.82, 2.24) is 24.8 Å². The number of hydrogen-bond acceptors (Lipinski definition) is 5. The zero-order chi connectivity index (χ0) is 18.6. The molecule has 1 fully saturated rings. The lowest BCUT2D eigenvalue weighted by atomic mass is 10.1. The first-order valence-electron chi connectivity index (χ1n) is 9.15. The quantitative estimate of drug-likeness (QED) is 0.644. The van der Waals surface area contributed by atoms with E-state index in [9.17, 15) is 4.79 Å². The van der Waals surface area contributed by atoms with Crippen LogP contribution < -0.4 is 5.32 Å². The predicted octanol–water partition coefficient (Wildman–Crippen LogP) is 3.03. The minimum Gasteiger partial charge on any atom is -0.336 e. The average Bonchev–Trinajstić information content (AvgIpc) is 3.31. The lowest BCUT2D eigenvalue weighted by molar-refractivity contribution is -0.134. The van der Waals surface area contributed by atoms with Gasteiger partial charge >= 0.3 is 0 Å². The molecule has 0 radical (unpaired) electrons. The molecular formula is C20H25Cl2N5OS. The van der Waals surface area contributed by atoms with Crippen molar-refractivity contribution < 1.29 is 4.79 Å². The highest BCUT2D eigenvalue weighted by Gasteiger charge is 2.30. The summed E-state index contributed by atoms with van der Waals surface area (Å²) in [6.07, 6.45) is 4.85. The molecule has 3 aromatic rings. The zero-order valence-electron chi connectivity index (χ0n) is 16.2. The van der Waals surface area contributed by atoms with Gasteiger partial charge in [0.2, 0.25) is 5.91 Å². The summed E-state index contributed by atoms with van der Waals surface area (Å²) < 4.78 is 1.98. The Morgan fingerprint density at radius 3 is 2.79 bits per heavy atom. The monoisotopic (exact) mass is 453 g/mol. The standard InChI is InChI=1S/C20H23N5OS.2ClH/c1-24-9-8-22-20(24)17-13-21-7-10-25(17)19(26)12-16-14-27-18(23-16)11-15-5-3-2-4-6-15;;/h2-6,8-9,14,17,21H,7,10-13H2,1H3;2*1H. The molecule has 1 N–H and O–H groups in total. The van der Waals surface area contributed by atoms with Gasteiger partial charge in [0.1, 0.15) is 11.9 Å². The van der Waals surface area contributed by atoms with Crippen molar-refractivity contribution >= 4 is 42.1 Å². The Balaban J connectivity index is 0.00000150. The van der Waals surface area contributed by atoms with Crippen LogP contribution in [-0.4, -0.2) is 45.0 Å². The number of imidazole rings is 1. The Labute approximate surface area is 187 Å². The molecule has 156 valence electrons. The number of hydrogen-bond donors (Lipinski definition) is 1. The lowest BCUT2D eigenvalue weighted by Gasteiger charge is -2.35. The van der Waals surface area contributed by atoms with Gasteiger partial charge in [0.05, 0.1) is 17.1 Å². The number of halogens is 2. The van der Waals surface area contributed by atoms with Crippen molar-refractivity contribution in [1.29, 1.82) is 0 Å². The molecule has 9 heteroatoms. The Morgan fingerprint density at radius 1 is 1.28 bits per heavy atom. The van der Waals surface area contributed by atoms with Crippen LogP contribution in [0, 0.1) is 0 Å². The SMILES string of the molecule is Cl.Cl.Cn1ccnc1C1CNCCN1C(=O)Cc1csc(Cc2ccccc2)n1. The summed E-state index contributed by atoms with van der Waals surface area (Å²) >= 11 is 1.62. The third-order valence-corrected chi connectivity index (χ3v) is 5.75. The number of aromatic nitrogens is 3. The molecule has 3 heterocycles. The van der Waals surface area contributed by atoms with Crippen molar-refractivity contribution in [3.8, 4) is 0 Å². The van der Waals surface area contributed by atoms with E-state index < -0.39 is 0 Å². The van der Waals surface area contributed by atoms with Crippen molar-refractivity contribution in [3.05, 3.63) is 70.2 Å². The number of thiazole rings is 1. The summed E-state index contributed by atoms with van der Waals surface area (Å²) in [5.41, 5.74) is 2.09. The van der Waals surface area contributed by atoms with E-state index in [0.29, 0.717) is 13.0 Å². The van der Waals surface area contributed by atoms with E-state index in [1.54, 1.807) is 17.5 Å². The number of aryl methyl sites for hydroxylation is 1. The zero-order valence-corrected chi connectivity index (χ0v) is 18.6. The van der Waals surface area contributed by atoms with Crippen LogP contribution in [0.1, 0.15) is 28.1 Å². The highest BCUT2D eigenvalue weighted by Crippen LogP contribution is 2.22. The molecule has 1 aromatic carbocycles. The first-order chi connectivity index (χ1) is 13.2. The van der Waals surface area contributed by atoms with Crippen molar-refractivity contribution in [2.24, 2.45) is 7.05 Å². The summed E-state index contributed by atoms with van der Waals surface area (Å²) in [6, 6.07) is 10.3. The third kappa shape index (κ3) is 5.57. The van der Waals surface area contributed by atoms with E-state index in [-0.39, 0.29) is 36.8 Å². The average molecular weight is 454 g/mol. The molecule has 1 atom stereocenters. The first-order valence-corrected chi connectivity index (χ1v) is 10.0. The summed E-state index contributed by atoms with van der Waals surface area (Å²) in [4.78, 5) is 24.0. The van der Waals surface area contributed by atoms with Gasteiger partial charge in [-0.1, -0.05) is 30.3 Å². The molecule has 1 aliphatic heterocycles. The van der Waals surface area contributed by atoms with E-state index in [0.717, 1.165) is 36.0 Å². The molecule has 0 bridgehead atoms. The maximum atomic E-state index is 13.0. The second-order valence-corrected chi connectivity index (χ2v) is 7.72. The number of benzene rings is 1. The number of rotatable bonds is 5. The third-order valence-electron chi connectivity index (χ3n) is 4.85. The molecule has 4 rings (SSSR count). The Bertz CT molecular complexity index is 915. The van der Waals surface area contributed by atoms with Crippen LogP contribution >= 0.6 is 36.2 Å². The highest BCUT2D eigenvalue weighted by atomic mass is 35.5.